The summed E-state index contributed by atoms with van der Waals surface area (Å²) in [6.07, 6.45) is 4.56. The molecule has 0 spiro atoms. The lowest BCUT2D eigenvalue weighted by molar-refractivity contribution is -0.123. The van der Waals surface area contributed by atoms with Crippen molar-refractivity contribution < 1.29 is 4.79 Å². The molecule has 0 radical (unpaired) electrons. The maximum atomic E-state index is 11.3. The number of carbonyl (C=O) groups is 1. The Labute approximate surface area is 86.4 Å². The van der Waals surface area contributed by atoms with Crippen LogP contribution in [-0.4, -0.2) is 18.0 Å². The zero-order valence-corrected chi connectivity index (χ0v) is 9.47. The molecule has 1 amide bonds. The summed E-state index contributed by atoms with van der Waals surface area (Å²) in [6, 6.07) is -0.0357. The maximum absolute atomic E-state index is 11.3. The lowest BCUT2D eigenvalue weighted by atomic mass is 9.75. The van der Waals surface area contributed by atoms with E-state index in [-0.39, 0.29) is 11.9 Å². The first-order chi connectivity index (χ1) is 6.41. The minimum Gasteiger partial charge on any atom is -0.352 e. The monoisotopic (exact) mass is 198 g/mol. The van der Waals surface area contributed by atoms with Gasteiger partial charge < -0.3 is 11.1 Å². The fraction of sp³-hybridized carbons (Fsp3) is 0.909. The number of hydrogen-bond acceptors (Lipinski definition) is 2. The van der Waals surface area contributed by atoms with Gasteiger partial charge in [0.1, 0.15) is 0 Å². The fourth-order valence-corrected chi connectivity index (χ4v) is 1.88. The molecule has 0 aromatic rings. The van der Waals surface area contributed by atoms with Gasteiger partial charge in [0.25, 0.3) is 0 Å². The molecule has 3 N–H and O–H groups in total. The third kappa shape index (κ3) is 3.29. The number of amides is 1. The standard InChI is InChI=1S/C11H22N2O/c1-8(12)10(14)13-9-4-6-11(2,3)7-5-9/h8-9H,4-7,12H2,1-3H3,(H,13,14)/t8-/m0/s1. The molecule has 0 heterocycles. The highest BCUT2D eigenvalue weighted by atomic mass is 16.2. The highest BCUT2D eigenvalue weighted by molar-refractivity contribution is 5.81. The smallest absolute Gasteiger partial charge is 0.236 e. The van der Waals surface area contributed by atoms with Crippen LogP contribution in [-0.2, 0) is 4.79 Å². The van der Waals surface area contributed by atoms with Crippen LogP contribution in [0.2, 0.25) is 0 Å². The van der Waals surface area contributed by atoms with Crippen LogP contribution in [0.4, 0.5) is 0 Å². The summed E-state index contributed by atoms with van der Waals surface area (Å²) < 4.78 is 0. The minimum atomic E-state index is -0.384. The molecule has 0 bridgehead atoms. The summed E-state index contributed by atoms with van der Waals surface area (Å²) in [7, 11) is 0. The zero-order chi connectivity index (χ0) is 10.8. The molecule has 0 aliphatic heterocycles. The highest BCUT2D eigenvalue weighted by Crippen LogP contribution is 2.34. The van der Waals surface area contributed by atoms with Gasteiger partial charge in [-0.2, -0.15) is 0 Å². The summed E-state index contributed by atoms with van der Waals surface area (Å²) in [5.74, 6) is -0.0188. The van der Waals surface area contributed by atoms with Crippen molar-refractivity contribution in [2.45, 2.75) is 58.5 Å². The minimum absolute atomic E-state index is 0.0188. The average Bonchev–Trinajstić information content (AvgIpc) is 2.08. The van der Waals surface area contributed by atoms with Crippen molar-refractivity contribution in [2.75, 3.05) is 0 Å². The van der Waals surface area contributed by atoms with E-state index in [0.717, 1.165) is 12.8 Å². The normalized spacial score (nSPS) is 24.3. The third-order valence-electron chi connectivity index (χ3n) is 3.10. The Hall–Kier alpha value is -0.570. The van der Waals surface area contributed by atoms with E-state index in [0.29, 0.717) is 11.5 Å². The van der Waals surface area contributed by atoms with E-state index < -0.39 is 0 Å². The zero-order valence-electron chi connectivity index (χ0n) is 9.47. The summed E-state index contributed by atoms with van der Waals surface area (Å²) in [4.78, 5) is 11.3. The Morgan fingerprint density at radius 2 is 1.93 bits per heavy atom. The van der Waals surface area contributed by atoms with Crippen LogP contribution in [0, 0.1) is 5.41 Å². The lowest BCUT2D eigenvalue weighted by Crippen LogP contribution is -2.45. The molecule has 1 atom stereocenters. The molecule has 1 rings (SSSR count). The number of nitrogens with one attached hydrogen (secondary N) is 1. The largest absolute Gasteiger partial charge is 0.352 e. The number of carbonyl (C=O) groups excluding carboxylic acids is 1. The molecular formula is C11H22N2O. The molecule has 3 nitrogen and oxygen atoms in total. The first-order valence-corrected chi connectivity index (χ1v) is 5.47. The Kier molecular flexibility index (Phi) is 3.53. The van der Waals surface area contributed by atoms with Crippen molar-refractivity contribution in [3.8, 4) is 0 Å². The van der Waals surface area contributed by atoms with Crippen molar-refractivity contribution in [3.05, 3.63) is 0 Å². The average molecular weight is 198 g/mol. The summed E-state index contributed by atoms with van der Waals surface area (Å²) >= 11 is 0. The molecule has 14 heavy (non-hydrogen) atoms. The van der Waals surface area contributed by atoms with E-state index in [1.165, 1.54) is 12.8 Å². The molecule has 0 saturated heterocycles. The van der Waals surface area contributed by atoms with Crippen molar-refractivity contribution >= 4 is 5.91 Å². The van der Waals surface area contributed by atoms with E-state index in [2.05, 4.69) is 19.2 Å². The summed E-state index contributed by atoms with van der Waals surface area (Å²) in [6.45, 7) is 6.30. The Bertz CT molecular complexity index is 201. The molecule has 1 saturated carbocycles. The first-order valence-electron chi connectivity index (χ1n) is 5.47. The summed E-state index contributed by atoms with van der Waals surface area (Å²) in [5.41, 5.74) is 5.95. The van der Waals surface area contributed by atoms with Crippen molar-refractivity contribution in [2.24, 2.45) is 11.1 Å². The Morgan fingerprint density at radius 3 is 2.36 bits per heavy atom. The van der Waals surface area contributed by atoms with Gasteiger partial charge in [0.15, 0.2) is 0 Å². The van der Waals surface area contributed by atoms with Crippen LogP contribution < -0.4 is 11.1 Å². The molecule has 1 aliphatic rings. The molecule has 0 aromatic carbocycles. The van der Waals surface area contributed by atoms with Crippen LogP contribution in [0.3, 0.4) is 0 Å². The molecule has 0 unspecified atom stereocenters. The number of nitrogens with two attached hydrogens (primary N) is 1. The van der Waals surface area contributed by atoms with Gasteiger partial charge in [0.05, 0.1) is 6.04 Å². The molecule has 1 fully saturated rings. The molecule has 82 valence electrons. The molecule has 1 aliphatic carbocycles. The van der Waals surface area contributed by atoms with Gasteiger partial charge in [-0.1, -0.05) is 13.8 Å². The topological polar surface area (TPSA) is 55.1 Å². The predicted octanol–water partition coefficient (Wildman–Crippen LogP) is 1.42. The van der Waals surface area contributed by atoms with Gasteiger partial charge in [-0.15, -0.1) is 0 Å². The second-order valence-corrected chi connectivity index (χ2v) is 5.24. The van der Waals surface area contributed by atoms with Gasteiger partial charge >= 0.3 is 0 Å². The fourth-order valence-electron chi connectivity index (χ4n) is 1.88. The number of hydrogen-bond donors (Lipinski definition) is 2. The Balaban J connectivity index is 2.33. The van der Waals surface area contributed by atoms with Crippen molar-refractivity contribution in [3.63, 3.8) is 0 Å². The van der Waals surface area contributed by atoms with Crippen molar-refractivity contribution in [1.29, 1.82) is 0 Å². The maximum Gasteiger partial charge on any atom is 0.236 e. The third-order valence-corrected chi connectivity index (χ3v) is 3.10. The number of rotatable bonds is 2. The highest BCUT2D eigenvalue weighted by Gasteiger charge is 2.27. The molecule has 0 aromatic heterocycles. The van der Waals surface area contributed by atoms with Gasteiger partial charge in [0, 0.05) is 6.04 Å². The van der Waals surface area contributed by atoms with Crippen LogP contribution in [0.1, 0.15) is 46.5 Å². The summed E-state index contributed by atoms with van der Waals surface area (Å²) in [5, 5.41) is 2.99. The van der Waals surface area contributed by atoms with E-state index in [1.54, 1.807) is 6.92 Å². The molecule has 3 heteroatoms. The van der Waals surface area contributed by atoms with Crippen LogP contribution in [0.5, 0.6) is 0 Å². The van der Waals surface area contributed by atoms with Gasteiger partial charge in [-0.05, 0) is 38.0 Å². The second kappa shape index (κ2) is 4.30. The van der Waals surface area contributed by atoms with Crippen LogP contribution in [0.15, 0.2) is 0 Å². The van der Waals surface area contributed by atoms with Gasteiger partial charge in [-0.25, -0.2) is 0 Å². The van der Waals surface area contributed by atoms with Crippen LogP contribution in [0.25, 0.3) is 0 Å². The van der Waals surface area contributed by atoms with Crippen LogP contribution >= 0.6 is 0 Å². The SMILES string of the molecule is C[C@H](N)C(=O)NC1CCC(C)(C)CC1. The van der Waals surface area contributed by atoms with E-state index >= 15 is 0 Å². The second-order valence-electron chi connectivity index (χ2n) is 5.24. The quantitative estimate of drug-likeness (QED) is 0.705. The van der Waals surface area contributed by atoms with E-state index in [4.69, 9.17) is 5.73 Å². The Morgan fingerprint density at radius 1 is 1.43 bits per heavy atom. The van der Waals surface area contributed by atoms with Gasteiger partial charge in [-0.3, -0.25) is 4.79 Å². The lowest BCUT2D eigenvalue weighted by Gasteiger charge is -2.34. The van der Waals surface area contributed by atoms with Gasteiger partial charge in [0.2, 0.25) is 5.91 Å². The van der Waals surface area contributed by atoms with Crippen molar-refractivity contribution in [1.82, 2.24) is 5.32 Å². The predicted molar refractivity (Wildman–Crippen MR) is 57.8 cm³/mol. The van der Waals surface area contributed by atoms with E-state index in [9.17, 15) is 4.79 Å². The molecular weight excluding hydrogens is 176 g/mol. The first kappa shape index (κ1) is 11.5. The van der Waals surface area contributed by atoms with E-state index in [1.807, 2.05) is 0 Å².